The second-order valence-corrected chi connectivity index (χ2v) is 5.92. The van der Waals surface area contributed by atoms with Crippen molar-refractivity contribution in [3.05, 3.63) is 59.4 Å². The summed E-state index contributed by atoms with van der Waals surface area (Å²) in [6, 6.07) is 8.13. The van der Waals surface area contributed by atoms with Crippen LogP contribution in [-0.4, -0.2) is 19.0 Å². The van der Waals surface area contributed by atoms with Crippen LogP contribution in [0.15, 0.2) is 42.5 Å². The Kier molecular flexibility index (Phi) is 4.65. The van der Waals surface area contributed by atoms with E-state index >= 15 is 0 Å². The van der Waals surface area contributed by atoms with E-state index in [4.69, 9.17) is 0 Å². The fraction of sp³-hybridized carbons (Fsp3) is 0.278. The topological polar surface area (TPSA) is 32.3 Å². The Morgan fingerprint density at radius 1 is 1.00 bits per heavy atom. The molecule has 2 aromatic rings. The number of hydrogen-bond donors (Lipinski definition) is 1. The fourth-order valence-electron chi connectivity index (χ4n) is 2.82. The molecule has 1 aliphatic heterocycles. The van der Waals surface area contributed by atoms with Gasteiger partial charge in [0.05, 0.1) is 5.56 Å². The molecule has 0 atom stereocenters. The van der Waals surface area contributed by atoms with Gasteiger partial charge >= 0.3 is 6.18 Å². The summed E-state index contributed by atoms with van der Waals surface area (Å²) >= 11 is 0. The lowest BCUT2D eigenvalue weighted by Gasteiger charge is -2.19. The lowest BCUT2D eigenvalue weighted by molar-refractivity contribution is -0.137. The third-order valence-electron chi connectivity index (χ3n) is 4.09. The normalized spacial score (nSPS) is 14.6. The van der Waals surface area contributed by atoms with E-state index < -0.39 is 23.5 Å². The van der Waals surface area contributed by atoms with E-state index in [-0.39, 0.29) is 11.3 Å². The van der Waals surface area contributed by atoms with Crippen LogP contribution in [0.1, 0.15) is 28.8 Å². The van der Waals surface area contributed by atoms with Gasteiger partial charge in [-0.2, -0.15) is 13.2 Å². The number of halogens is 4. The highest BCUT2D eigenvalue weighted by Gasteiger charge is 2.30. The summed E-state index contributed by atoms with van der Waals surface area (Å²) in [7, 11) is 0. The van der Waals surface area contributed by atoms with Crippen LogP contribution in [0.25, 0.3) is 0 Å². The van der Waals surface area contributed by atoms with Gasteiger partial charge in [-0.3, -0.25) is 4.79 Å². The number of anilines is 2. The number of hydrogen-bond acceptors (Lipinski definition) is 2. The molecule has 1 amide bonds. The molecule has 0 saturated carbocycles. The summed E-state index contributed by atoms with van der Waals surface area (Å²) in [5.74, 6) is -1.07. The SMILES string of the molecule is O=C(Nc1cc(F)cc(N2CCCC2)c1)c1ccc(C(F)(F)F)cc1. The molecule has 7 heteroatoms. The van der Waals surface area contributed by atoms with E-state index in [0.29, 0.717) is 5.69 Å². The number of nitrogens with zero attached hydrogens (tertiary/aromatic N) is 1. The van der Waals surface area contributed by atoms with Crippen molar-refractivity contribution in [1.82, 2.24) is 0 Å². The van der Waals surface area contributed by atoms with Gasteiger partial charge in [-0.25, -0.2) is 4.39 Å². The molecule has 0 aliphatic carbocycles. The number of rotatable bonds is 3. The summed E-state index contributed by atoms with van der Waals surface area (Å²) in [5.41, 5.74) is 0.193. The minimum Gasteiger partial charge on any atom is -0.371 e. The standard InChI is InChI=1S/C18H16F4N2O/c19-14-9-15(11-16(10-14)24-7-1-2-8-24)23-17(25)12-3-5-13(6-4-12)18(20,21)22/h3-6,9-11H,1-2,7-8H2,(H,23,25). The van der Waals surface area contributed by atoms with Gasteiger partial charge in [-0.1, -0.05) is 0 Å². The zero-order chi connectivity index (χ0) is 18.0. The van der Waals surface area contributed by atoms with E-state index in [2.05, 4.69) is 5.32 Å². The van der Waals surface area contributed by atoms with E-state index in [9.17, 15) is 22.4 Å². The first-order chi connectivity index (χ1) is 11.8. The molecular weight excluding hydrogens is 336 g/mol. The minimum atomic E-state index is -4.46. The molecule has 0 bridgehead atoms. The molecule has 1 fully saturated rings. The molecule has 0 spiro atoms. The van der Waals surface area contributed by atoms with E-state index in [1.54, 1.807) is 6.07 Å². The fourth-order valence-corrected chi connectivity index (χ4v) is 2.82. The molecule has 1 aliphatic rings. The number of carbonyl (C=O) groups excluding carboxylic acids is 1. The minimum absolute atomic E-state index is 0.0694. The number of alkyl halides is 3. The summed E-state index contributed by atoms with van der Waals surface area (Å²) in [6.45, 7) is 1.66. The third-order valence-corrected chi connectivity index (χ3v) is 4.09. The number of carbonyl (C=O) groups is 1. The van der Waals surface area contributed by atoms with Crippen molar-refractivity contribution in [2.24, 2.45) is 0 Å². The second-order valence-electron chi connectivity index (χ2n) is 5.92. The highest BCUT2D eigenvalue weighted by molar-refractivity contribution is 6.04. The Balaban J connectivity index is 1.76. The van der Waals surface area contributed by atoms with Crippen molar-refractivity contribution in [3.8, 4) is 0 Å². The van der Waals surface area contributed by atoms with E-state index in [1.807, 2.05) is 4.90 Å². The maximum absolute atomic E-state index is 13.8. The van der Waals surface area contributed by atoms with Crippen LogP contribution in [0.5, 0.6) is 0 Å². The van der Waals surface area contributed by atoms with Gasteiger partial charge in [0.2, 0.25) is 0 Å². The largest absolute Gasteiger partial charge is 0.416 e. The summed E-state index contributed by atoms with van der Waals surface area (Å²) in [4.78, 5) is 14.2. The molecule has 3 nitrogen and oxygen atoms in total. The smallest absolute Gasteiger partial charge is 0.371 e. The van der Waals surface area contributed by atoms with Crippen molar-refractivity contribution in [3.63, 3.8) is 0 Å². The summed E-state index contributed by atoms with van der Waals surface area (Å²) < 4.78 is 51.5. The zero-order valence-corrected chi connectivity index (χ0v) is 13.2. The van der Waals surface area contributed by atoms with Crippen LogP contribution in [-0.2, 0) is 6.18 Å². The Morgan fingerprint density at radius 2 is 1.64 bits per heavy atom. The van der Waals surface area contributed by atoms with Crippen LogP contribution in [0.2, 0.25) is 0 Å². The Labute approximate surface area is 142 Å². The summed E-state index contributed by atoms with van der Waals surface area (Å²) in [6.07, 6.45) is -2.39. The van der Waals surface area contributed by atoms with Crippen LogP contribution >= 0.6 is 0 Å². The highest BCUT2D eigenvalue weighted by atomic mass is 19.4. The van der Waals surface area contributed by atoms with Crippen LogP contribution in [0, 0.1) is 5.82 Å². The van der Waals surface area contributed by atoms with Crippen molar-refractivity contribution in [2.75, 3.05) is 23.3 Å². The Morgan fingerprint density at radius 3 is 2.24 bits per heavy atom. The van der Waals surface area contributed by atoms with Crippen molar-refractivity contribution in [2.45, 2.75) is 19.0 Å². The van der Waals surface area contributed by atoms with Crippen molar-refractivity contribution >= 4 is 17.3 Å². The van der Waals surface area contributed by atoms with Gasteiger partial charge in [0.15, 0.2) is 0 Å². The zero-order valence-electron chi connectivity index (χ0n) is 13.2. The molecule has 25 heavy (non-hydrogen) atoms. The van der Waals surface area contributed by atoms with Gasteiger partial charge in [0.1, 0.15) is 5.82 Å². The molecule has 1 N–H and O–H groups in total. The first-order valence-corrected chi connectivity index (χ1v) is 7.87. The first kappa shape index (κ1) is 17.3. The van der Waals surface area contributed by atoms with E-state index in [0.717, 1.165) is 50.2 Å². The molecule has 0 aromatic heterocycles. The number of benzene rings is 2. The molecular formula is C18H16F4N2O. The quantitative estimate of drug-likeness (QED) is 0.813. The Hall–Kier alpha value is -2.57. The van der Waals surface area contributed by atoms with Crippen molar-refractivity contribution < 1.29 is 22.4 Å². The molecule has 1 heterocycles. The van der Waals surface area contributed by atoms with Gasteiger partial charge in [-0.05, 0) is 55.3 Å². The molecule has 0 radical (unpaired) electrons. The maximum Gasteiger partial charge on any atom is 0.416 e. The predicted octanol–water partition coefficient (Wildman–Crippen LogP) is 4.70. The molecule has 132 valence electrons. The van der Waals surface area contributed by atoms with Gasteiger partial charge < -0.3 is 10.2 Å². The number of amides is 1. The van der Waals surface area contributed by atoms with Crippen LogP contribution in [0.4, 0.5) is 28.9 Å². The van der Waals surface area contributed by atoms with Crippen molar-refractivity contribution in [1.29, 1.82) is 0 Å². The lowest BCUT2D eigenvalue weighted by atomic mass is 10.1. The van der Waals surface area contributed by atoms with Gasteiger partial charge in [0, 0.05) is 30.0 Å². The summed E-state index contributed by atoms with van der Waals surface area (Å²) in [5, 5.41) is 2.53. The number of nitrogens with one attached hydrogen (secondary N) is 1. The lowest BCUT2D eigenvalue weighted by Crippen LogP contribution is -2.18. The predicted molar refractivity (Wildman–Crippen MR) is 87.2 cm³/mol. The molecule has 0 unspecified atom stereocenters. The van der Waals surface area contributed by atoms with Crippen LogP contribution < -0.4 is 10.2 Å². The third kappa shape index (κ3) is 4.10. The molecule has 1 saturated heterocycles. The highest BCUT2D eigenvalue weighted by Crippen LogP contribution is 2.29. The average molecular weight is 352 g/mol. The Bertz CT molecular complexity index is 766. The van der Waals surface area contributed by atoms with E-state index in [1.165, 1.54) is 12.1 Å². The molecule has 3 rings (SSSR count). The maximum atomic E-state index is 13.8. The first-order valence-electron chi connectivity index (χ1n) is 7.87. The molecule has 2 aromatic carbocycles. The van der Waals surface area contributed by atoms with Gasteiger partial charge in [-0.15, -0.1) is 0 Å². The second kappa shape index (κ2) is 6.74. The average Bonchev–Trinajstić information content (AvgIpc) is 3.08. The van der Waals surface area contributed by atoms with Gasteiger partial charge in [0.25, 0.3) is 5.91 Å². The van der Waals surface area contributed by atoms with Crippen LogP contribution in [0.3, 0.4) is 0 Å². The monoisotopic (exact) mass is 352 g/mol.